The van der Waals surface area contributed by atoms with Crippen LogP contribution in [0, 0.1) is 12.8 Å². The Bertz CT molecular complexity index is 1530. The van der Waals surface area contributed by atoms with E-state index in [0.29, 0.717) is 53.9 Å². The van der Waals surface area contributed by atoms with E-state index >= 15 is 0 Å². The van der Waals surface area contributed by atoms with E-state index < -0.39 is 11.2 Å². The SMILES string of the molecule is Cc1ccc(-c2nc3c(c(=O)n(CCCO)c(=O)n3C(C)C)n2Cc2ccccc2)c(OCC2CC2)n1. The summed E-state index contributed by atoms with van der Waals surface area (Å²) in [6.45, 7) is 6.70. The molecule has 0 unspecified atom stereocenters. The first-order valence-corrected chi connectivity index (χ1v) is 12.9. The molecule has 0 bridgehead atoms. The molecule has 5 rings (SSSR count). The average molecular weight is 504 g/mol. The molecule has 9 nitrogen and oxygen atoms in total. The Labute approximate surface area is 215 Å². The number of benzene rings is 1. The molecule has 0 atom stereocenters. The first kappa shape index (κ1) is 25.0. The van der Waals surface area contributed by atoms with E-state index in [1.807, 2.05) is 67.8 Å². The molecule has 37 heavy (non-hydrogen) atoms. The monoisotopic (exact) mass is 503 g/mol. The molecule has 194 valence electrons. The second-order valence-corrected chi connectivity index (χ2v) is 10.0. The van der Waals surface area contributed by atoms with E-state index in [1.165, 1.54) is 4.57 Å². The third-order valence-electron chi connectivity index (χ3n) is 6.69. The van der Waals surface area contributed by atoms with Gasteiger partial charge in [-0.05, 0) is 63.6 Å². The Morgan fingerprint density at radius 3 is 2.49 bits per heavy atom. The fraction of sp³-hybridized carbons (Fsp3) is 0.429. The predicted molar refractivity (Wildman–Crippen MR) is 142 cm³/mol. The van der Waals surface area contributed by atoms with Crippen molar-refractivity contribution in [3.63, 3.8) is 0 Å². The highest BCUT2D eigenvalue weighted by Crippen LogP contribution is 2.34. The van der Waals surface area contributed by atoms with Gasteiger partial charge in [0.2, 0.25) is 5.88 Å². The summed E-state index contributed by atoms with van der Waals surface area (Å²) in [7, 11) is 0. The Hall–Kier alpha value is -3.72. The van der Waals surface area contributed by atoms with Crippen LogP contribution < -0.4 is 16.0 Å². The Morgan fingerprint density at radius 1 is 1.05 bits per heavy atom. The van der Waals surface area contributed by atoms with Gasteiger partial charge < -0.3 is 14.4 Å². The highest BCUT2D eigenvalue weighted by atomic mass is 16.5. The summed E-state index contributed by atoms with van der Waals surface area (Å²) in [5.41, 5.74) is 2.34. The van der Waals surface area contributed by atoms with Crippen molar-refractivity contribution in [2.75, 3.05) is 13.2 Å². The molecular weight excluding hydrogens is 470 g/mol. The number of ether oxygens (including phenoxy) is 1. The summed E-state index contributed by atoms with van der Waals surface area (Å²) in [6.07, 6.45) is 2.61. The fourth-order valence-corrected chi connectivity index (χ4v) is 4.57. The molecule has 1 aromatic carbocycles. The molecular formula is C28H33N5O4. The normalized spacial score (nSPS) is 13.5. The highest BCUT2D eigenvalue weighted by Gasteiger charge is 2.27. The number of aryl methyl sites for hydroxylation is 1. The minimum atomic E-state index is -0.427. The number of hydrogen-bond acceptors (Lipinski definition) is 6. The minimum absolute atomic E-state index is 0.114. The van der Waals surface area contributed by atoms with Gasteiger partial charge in [0.05, 0.1) is 12.2 Å². The van der Waals surface area contributed by atoms with E-state index in [-0.39, 0.29) is 19.2 Å². The molecule has 0 aliphatic heterocycles. The standard InChI is InChI=1S/C28H33N5O4/c1-18(2)33-25-23(27(35)31(28(33)36)14-7-15-34)32(16-20-8-5-4-6-9-20)24(30-25)22-13-10-19(3)29-26(22)37-17-21-11-12-21/h4-6,8-10,13,18,21,34H,7,11-12,14-17H2,1-3H3. The van der Waals surface area contributed by atoms with Crippen LogP contribution in [0.4, 0.5) is 0 Å². The van der Waals surface area contributed by atoms with Crippen LogP contribution in [0.15, 0.2) is 52.1 Å². The van der Waals surface area contributed by atoms with E-state index in [0.717, 1.165) is 24.1 Å². The maximum absolute atomic E-state index is 13.8. The number of imidazole rings is 1. The quantitative estimate of drug-likeness (QED) is 0.355. The summed E-state index contributed by atoms with van der Waals surface area (Å²) in [5.74, 6) is 1.56. The minimum Gasteiger partial charge on any atom is -0.477 e. The number of pyridine rings is 1. The maximum Gasteiger partial charge on any atom is 0.332 e. The van der Waals surface area contributed by atoms with Crippen molar-refractivity contribution in [1.82, 2.24) is 23.7 Å². The zero-order valence-electron chi connectivity index (χ0n) is 21.6. The van der Waals surface area contributed by atoms with Crippen molar-refractivity contribution in [3.05, 3.63) is 74.6 Å². The summed E-state index contributed by atoms with van der Waals surface area (Å²) in [5, 5.41) is 9.39. The lowest BCUT2D eigenvalue weighted by Crippen LogP contribution is -2.41. The lowest BCUT2D eigenvalue weighted by atomic mass is 10.2. The Kier molecular flexibility index (Phi) is 6.97. The van der Waals surface area contributed by atoms with Crippen molar-refractivity contribution >= 4 is 11.2 Å². The van der Waals surface area contributed by atoms with Crippen molar-refractivity contribution in [2.24, 2.45) is 5.92 Å². The summed E-state index contributed by atoms with van der Waals surface area (Å²) >= 11 is 0. The second-order valence-electron chi connectivity index (χ2n) is 10.0. The van der Waals surface area contributed by atoms with E-state index in [2.05, 4.69) is 4.98 Å². The number of hydrogen-bond donors (Lipinski definition) is 1. The van der Waals surface area contributed by atoms with Crippen LogP contribution in [0.2, 0.25) is 0 Å². The maximum atomic E-state index is 13.8. The number of aromatic nitrogens is 5. The van der Waals surface area contributed by atoms with Crippen LogP contribution in [0.25, 0.3) is 22.6 Å². The second kappa shape index (κ2) is 10.3. The first-order chi connectivity index (χ1) is 17.9. The summed E-state index contributed by atoms with van der Waals surface area (Å²) in [4.78, 5) is 36.8. The van der Waals surface area contributed by atoms with Gasteiger partial charge in [0, 0.05) is 31.4 Å². The first-order valence-electron chi connectivity index (χ1n) is 12.9. The van der Waals surface area contributed by atoms with Crippen LogP contribution in [0.5, 0.6) is 5.88 Å². The fourth-order valence-electron chi connectivity index (χ4n) is 4.57. The van der Waals surface area contributed by atoms with Crippen LogP contribution in [-0.4, -0.2) is 42.0 Å². The lowest BCUT2D eigenvalue weighted by molar-refractivity contribution is 0.277. The zero-order chi connectivity index (χ0) is 26.1. The third kappa shape index (κ3) is 4.96. The summed E-state index contributed by atoms with van der Waals surface area (Å²) in [6, 6.07) is 13.4. The van der Waals surface area contributed by atoms with E-state index in [1.54, 1.807) is 4.57 Å². The van der Waals surface area contributed by atoms with E-state index in [4.69, 9.17) is 9.72 Å². The molecule has 1 aliphatic carbocycles. The van der Waals surface area contributed by atoms with Gasteiger partial charge in [0.15, 0.2) is 11.2 Å². The number of nitrogens with zero attached hydrogens (tertiary/aromatic N) is 5. The predicted octanol–water partition coefficient (Wildman–Crippen LogP) is 3.53. The molecule has 4 aromatic rings. The van der Waals surface area contributed by atoms with Crippen molar-refractivity contribution in [3.8, 4) is 17.3 Å². The van der Waals surface area contributed by atoms with Gasteiger partial charge in [-0.15, -0.1) is 0 Å². The topological polar surface area (TPSA) is 104 Å². The van der Waals surface area contributed by atoms with Crippen molar-refractivity contribution in [2.45, 2.75) is 59.2 Å². The molecule has 0 radical (unpaired) electrons. The van der Waals surface area contributed by atoms with Gasteiger partial charge in [-0.2, -0.15) is 0 Å². The largest absolute Gasteiger partial charge is 0.477 e. The third-order valence-corrected chi connectivity index (χ3v) is 6.69. The molecule has 0 saturated heterocycles. The molecule has 9 heteroatoms. The lowest BCUT2D eigenvalue weighted by Gasteiger charge is -2.15. The molecule has 0 amide bonds. The number of aliphatic hydroxyl groups is 1. The number of rotatable bonds is 10. The van der Waals surface area contributed by atoms with Crippen molar-refractivity contribution in [1.29, 1.82) is 0 Å². The number of aliphatic hydroxyl groups excluding tert-OH is 1. The van der Waals surface area contributed by atoms with Gasteiger partial charge in [-0.25, -0.2) is 14.8 Å². The van der Waals surface area contributed by atoms with Gasteiger partial charge in [0.1, 0.15) is 5.82 Å². The van der Waals surface area contributed by atoms with E-state index in [9.17, 15) is 14.7 Å². The molecule has 1 fully saturated rings. The smallest absolute Gasteiger partial charge is 0.332 e. The highest BCUT2D eigenvalue weighted by molar-refractivity contribution is 5.78. The van der Waals surface area contributed by atoms with Gasteiger partial charge in [0.25, 0.3) is 5.56 Å². The van der Waals surface area contributed by atoms with Crippen LogP contribution in [0.3, 0.4) is 0 Å². The Balaban J connectivity index is 1.80. The Morgan fingerprint density at radius 2 is 1.81 bits per heavy atom. The molecule has 1 N–H and O–H groups in total. The molecule has 0 spiro atoms. The molecule has 3 aromatic heterocycles. The average Bonchev–Trinajstić information content (AvgIpc) is 3.64. The number of fused-ring (bicyclic) bond motifs is 1. The van der Waals surface area contributed by atoms with Crippen LogP contribution in [0.1, 0.15) is 50.4 Å². The zero-order valence-corrected chi connectivity index (χ0v) is 21.6. The van der Waals surface area contributed by atoms with Gasteiger partial charge in [-0.1, -0.05) is 30.3 Å². The van der Waals surface area contributed by atoms with Crippen LogP contribution >= 0.6 is 0 Å². The van der Waals surface area contributed by atoms with Gasteiger partial charge >= 0.3 is 5.69 Å². The molecule has 3 heterocycles. The molecule has 1 aliphatic rings. The summed E-state index contributed by atoms with van der Waals surface area (Å²) < 4.78 is 10.8. The van der Waals surface area contributed by atoms with Crippen molar-refractivity contribution < 1.29 is 9.84 Å². The van der Waals surface area contributed by atoms with Crippen LogP contribution in [-0.2, 0) is 13.1 Å². The molecule has 1 saturated carbocycles. The van der Waals surface area contributed by atoms with Gasteiger partial charge in [-0.3, -0.25) is 13.9 Å².